The number of anilines is 1. The van der Waals surface area contributed by atoms with E-state index >= 15 is 0 Å². The van der Waals surface area contributed by atoms with E-state index in [2.05, 4.69) is 37.5 Å². The second-order valence-corrected chi connectivity index (χ2v) is 5.58. The second-order valence-electron chi connectivity index (χ2n) is 4.47. The van der Waals surface area contributed by atoms with Crippen molar-refractivity contribution in [1.29, 1.82) is 0 Å². The molecule has 1 fully saturated rings. The fourth-order valence-corrected chi connectivity index (χ4v) is 2.53. The molecule has 2 heterocycles. The Hall–Kier alpha value is -0.470. The monoisotopic (exact) mass is 349 g/mol. The maximum absolute atomic E-state index is 9.34. The summed E-state index contributed by atoms with van der Waals surface area (Å²) in [6, 6.07) is 1.96. The topological polar surface area (TPSA) is 58.5 Å². The average Bonchev–Trinajstić information content (AvgIpc) is 2.28. The number of aromatic nitrogens is 2. The predicted octanol–water partition coefficient (Wildman–Crippen LogP) is 0.977. The highest BCUT2D eigenvalue weighted by Crippen LogP contribution is 2.22. The zero-order valence-corrected chi connectivity index (χ0v) is 12.1. The van der Waals surface area contributed by atoms with Crippen LogP contribution in [0.4, 0.5) is 5.82 Å². The number of halogens is 1. The summed E-state index contributed by atoms with van der Waals surface area (Å²) in [7, 11) is 0. The molecule has 1 aliphatic heterocycles. The van der Waals surface area contributed by atoms with Crippen LogP contribution >= 0.6 is 22.6 Å². The molecule has 5 nitrogen and oxygen atoms in total. The van der Waals surface area contributed by atoms with E-state index in [1.165, 1.54) is 0 Å². The number of morpholine rings is 1. The zero-order chi connectivity index (χ0) is 12.5. The molecular weight excluding hydrogens is 333 g/mol. The van der Waals surface area contributed by atoms with Crippen LogP contribution in [0.15, 0.2) is 6.07 Å². The lowest BCUT2D eigenvalue weighted by Gasteiger charge is -2.39. The van der Waals surface area contributed by atoms with Crippen LogP contribution in [0.1, 0.15) is 12.7 Å². The molecule has 1 N–H and O–H groups in total. The van der Waals surface area contributed by atoms with Crippen LogP contribution in [0.3, 0.4) is 0 Å². The minimum absolute atomic E-state index is 0.0185. The Morgan fingerprint density at radius 2 is 2.35 bits per heavy atom. The first-order valence-electron chi connectivity index (χ1n) is 5.53. The van der Waals surface area contributed by atoms with E-state index in [1.807, 2.05) is 19.9 Å². The third-order valence-corrected chi connectivity index (χ3v) is 3.34. The Kier molecular flexibility index (Phi) is 3.84. The number of aryl methyl sites for hydroxylation is 1. The average molecular weight is 349 g/mol. The summed E-state index contributed by atoms with van der Waals surface area (Å²) < 4.78 is 6.52. The third-order valence-electron chi connectivity index (χ3n) is 2.79. The second kappa shape index (κ2) is 5.03. The molecule has 1 aromatic rings. The van der Waals surface area contributed by atoms with Gasteiger partial charge in [0.2, 0.25) is 0 Å². The van der Waals surface area contributed by atoms with Gasteiger partial charge >= 0.3 is 0 Å². The normalized spacial score (nSPS) is 25.1. The van der Waals surface area contributed by atoms with Crippen LogP contribution in [0, 0.1) is 10.6 Å². The molecule has 17 heavy (non-hydrogen) atoms. The quantitative estimate of drug-likeness (QED) is 0.637. The molecule has 1 unspecified atom stereocenters. The van der Waals surface area contributed by atoms with E-state index in [9.17, 15) is 5.11 Å². The van der Waals surface area contributed by atoms with Crippen LogP contribution in [0.5, 0.6) is 0 Å². The first-order valence-corrected chi connectivity index (χ1v) is 6.61. The molecule has 0 saturated carbocycles. The van der Waals surface area contributed by atoms with Gasteiger partial charge in [-0.1, -0.05) is 0 Å². The molecule has 0 aromatic carbocycles. The highest BCUT2D eigenvalue weighted by Gasteiger charge is 2.32. The highest BCUT2D eigenvalue weighted by molar-refractivity contribution is 14.1. The number of aliphatic hydroxyl groups is 1. The van der Waals surface area contributed by atoms with Crippen molar-refractivity contribution in [3.05, 3.63) is 15.6 Å². The molecule has 0 spiro atoms. The van der Waals surface area contributed by atoms with Crippen molar-refractivity contribution >= 4 is 28.4 Å². The fourth-order valence-electron chi connectivity index (χ4n) is 1.90. The van der Waals surface area contributed by atoms with Crippen molar-refractivity contribution in [3.8, 4) is 0 Å². The summed E-state index contributed by atoms with van der Waals surface area (Å²) >= 11 is 2.19. The summed E-state index contributed by atoms with van der Waals surface area (Å²) in [5.41, 5.74) is -0.497. The lowest BCUT2D eigenvalue weighted by molar-refractivity contribution is -0.0745. The maximum atomic E-state index is 9.34. The molecule has 1 atom stereocenters. The largest absolute Gasteiger partial charge is 0.393 e. The number of aliphatic hydroxyl groups excluding tert-OH is 1. The van der Waals surface area contributed by atoms with Gasteiger partial charge < -0.3 is 14.7 Å². The van der Waals surface area contributed by atoms with Crippen molar-refractivity contribution in [2.24, 2.45) is 0 Å². The SMILES string of the molecule is Cc1nc(I)cc(N2CCOC(C)(CO)C2)n1. The molecule has 0 amide bonds. The first kappa shape index (κ1) is 13.0. The van der Waals surface area contributed by atoms with Crippen LogP contribution in [0.2, 0.25) is 0 Å². The predicted molar refractivity (Wildman–Crippen MR) is 73.1 cm³/mol. The Balaban J connectivity index is 2.21. The van der Waals surface area contributed by atoms with Gasteiger partial charge in [0.15, 0.2) is 0 Å². The molecule has 1 saturated heterocycles. The van der Waals surface area contributed by atoms with Crippen LogP contribution in [-0.4, -0.2) is 47.0 Å². The fraction of sp³-hybridized carbons (Fsp3) is 0.636. The first-order chi connectivity index (χ1) is 8.02. The van der Waals surface area contributed by atoms with Gasteiger partial charge in [-0.2, -0.15) is 0 Å². The smallest absolute Gasteiger partial charge is 0.133 e. The Labute approximate surface area is 114 Å². The molecule has 1 aliphatic rings. The van der Waals surface area contributed by atoms with Crippen molar-refractivity contribution < 1.29 is 9.84 Å². The Morgan fingerprint density at radius 3 is 3.00 bits per heavy atom. The van der Waals surface area contributed by atoms with E-state index in [0.29, 0.717) is 13.2 Å². The van der Waals surface area contributed by atoms with Crippen molar-refractivity contribution in [3.63, 3.8) is 0 Å². The van der Waals surface area contributed by atoms with E-state index in [-0.39, 0.29) is 6.61 Å². The third kappa shape index (κ3) is 3.05. The van der Waals surface area contributed by atoms with Crippen molar-refractivity contribution in [2.75, 3.05) is 31.2 Å². The summed E-state index contributed by atoms with van der Waals surface area (Å²) in [5.74, 6) is 1.67. The summed E-state index contributed by atoms with van der Waals surface area (Å²) in [5, 5.41) is 9.34. The highest BCUT2D eigenvalue weighted by atomic mass is 127. The van der Waals surface area contributed by atoms with Gasteiger partial charge in [0.25, 0.3) is 0 Å². The maximum Gasteiger partial charge on any atom is 0.133 e. The number of nitrogens with zero attached hydrogens (tertiary/aromatic N) is 3. The lowest BCUT2D eigenvalue weighted by atomic mass is 10.1. The Morgan fingerprint density at radius 1 is 1.59 bits per heavy atom. The number of rotatable bonds is 2. The van der Waals surface area contributed by atoms with Gasteiger partial charge in [-0.05, 0) is 36.4 Å². The van der Waals surface area contributed by atoms with Crippen LogP contribution in [0.25, 0.3) is 0 Å². The minimum atomic E-state index is -0.497. The zero-order valence-electron chi connectivity index (χ0n) is 9.98. The van der Waals surface area contributed by atoms with Gasteiger partial charge in [-0.15, -0.1) is 0 Å². The van der Waals surface area contributed by atoms with Gasteiger partial charge in [-0.25, -0.2) is 9.97 Å². The molecule has 94 valence electrons. The Bertz CT molecular complexity index is 395. The molecule has 0 radical (unpaired) electrons. The van der Waals surface area contributed by atoms with E-state index < -0.39 is 5.60 Å². The lowest BCUT2D eigenvalue weighted by Crippen LogP contribution is -2.52. The van der Waals surface area contributed by atoms with E-state index in [4.69, 9.17) is 4.74 Å². The summed E-state index contributed by atoms with van der Waals surface area (Å²) in [6.07, 6.45) is 0. The van der Waals surface area contributed by atoms with Gasteiger partial charge in [0, 0.05) is 12.6 Å². The summed E-state index contributed by atoms with van der Waals surface area (Å²) in [4.78, 5) is 10.8. The number of hydrogen-bond acceptors (Lipinski definition) is 5. The number of ether oxygens (including phenoxy) is 1. The van der Waals surface area contributed by atoms with E-state index in [1.54, 1.807) is 0 Å². The standard InChI is InChI=1S/C11H16IN3O2/c1-8-13-9(12)5-10(14-8)15-3-4-17-11(2,6-15)7-16/h5,16H,3-4,6-7H2,1-2H3. The van der Waals surface area contributed by atoms with Crippen molar-refractivity contribution in [2.45, 2.75) is 19.4 Å². The molecule has 2 rings (SSSR count). The molecule has 1 aromatic heterocycles. The molecular formula is C11H16IN3O2. The van der Waals surface area contributed by atoms with Gasteiger partial charge in [0.05, 0.1) is 19.8 Å². The van der Waals surface area contributed by atoms with E-state index in [0.717, 1.165) is 21.9 Å². The van der Waals surface area contributed by atoms with Gasteiger partial charge in [-0.3, -0.25) is 0 Å². The molecule has 0 bridgehead atoms. The van der Waals surface area contributed by atoms with Crippen molar-refractivity contribution in [1.82, 2.24) is 9.97 Å². The molecule has 6 heteroatoms. The number of hydrogen-bond donors (Lipinski definition) is 1. The summed E-state index contributed by atoms with van der Waals surface area (Å²) in [6.45, 7) is 5.87. The molecule has 0 aliphatic carbocycles. The minimum Gasteiger partial charge on any atom is -0.393 e. The van der Waals surface area contributed by atoms with Crippen LogP contribution in [-0.2, 0) is 4.74 Å². The van der Waals surface area contributed by atoms with Crippen LogP contribution < -0.4 is 4.90 Å². The van der Waals surface area contributed by atoms with Gasteiger partial charge in [0.1, 0.15) is 20.9 Å².